The van der Waals surface area contributed by atoms with Gasteiger partial charge in [0, 0.05) is 32.8 Å². The van der Waals surface area contributed by atoms with Crippen molar-refractivity contribution in [3.63, 3.8) is 0 Å². The summed E-state index contributed by atoms with van der Waals surface area (Å²) in [6.45, 7) is 7.93. The summed E-state index contributed by atoms with van der Waals surface area (Å²) < 4.78 is 0. The fourth-order valence-electron chi connectivity index (χ4n) is 1.90. The van der Waals surface area contributed by atoms with E-state index in [4.69, 9.17) is 5.11 Å². The van der Waals surface area contributed by atoms with Crippen LogP contribution in [0.5, 0.6) is 0 Å². The second kappa shape index (κ2) is 8.34. The van der Waals surface area contributed by atoms with E-state index >= 15 is 0 Å². The zero-order valence-electron chi connectivity index (χ0n) is 12.3. The van der Waals surface area contributed by atoms with Crippen molar-refractivity contribution in [2.45, 2.75) is 33.1 Å². The fourth-order valence-corrected chi connectivity index (χ4v) is 1.90. The summed E-state index contributed by atoms with van der Waals surface area (Å²) in [5, 5.41) is 8.65. The lowest BCUT2D eigenvalue weighted by molar-refractivity contribution is -0.132. The number of carbonyl (C=O) groups is 2. The van der Waals surface area contributed by atoms with Gasteiger partial charge in [0.15, 0.2) is 0 Å². The molecule has 1 aliphatic rings. The van der Waals surface area contributed by atoms with E-state index in [1.54, 1.807) is 18.0 Å². The van der Waals surface area contributed by atoms with Gasteiger partial charge < -0.3 is 14.9 Å². The van der Waals surface area contributed by atoms with Crippen LogP contribution in [0.4, 0.5) is 0 Å². The fraction of sp³-hybridized carbons (Fsp3) is 0.571. The highest BCUT2D eigenvalue weighted by atomic mass is 16.4. The van der Waals surface area contributed by atoms with Crippen LogP contribution < -0.4 is 0 Å². The molecule has 0 unspecified atom stereocenters. The molecule has 5 heteroatoms. The molecule has 0 spiro atoms. The Balaban J connectivity index is 0.000000356. The van der Waals surface area contributed by atoms with E-state index in [2.05, 4.69) is 6.58 Å². The van der Waals surface area contributed by atoms with Crippen molar-refractivity contribution in [3.8, 4) is 0 Å². The van der Waals surface area contributed by atoms with Crippen molar-refractivity contribution in [2.75, 3.05) is 20.6 Å². The molecule has 0 aliphatic carbocycles. The quantitative estimate of drug-likeness (QED) is 0.793. The molecule has 0 aromatic carbocycles. The van der Waals surface area contributed by atoms with E-state index in [0.717, 1.165) is 25.1 Å². The number of carboxylic acid groups (broad SMARTS) is 1. The van der Waals surface area contributed by atoms with E-state index in [-0.39, 0.29) is 5.91 Å². The molecule has 5 nitrogen and oxygen atoms in total. The highest BCUT2D eigenvalue weighted by Crippen LogP contribution is 2.10. The number of aliphatic carboxylic acids is 1. The van der Waals surface area contributed by atoms with Gasteiger partial charge in [-0.15, -0.1) is 0 Å². The number of hydrogen-bond acceptors (Lipinski definition) is 3. The van der Waals surface area contributed by atoms with Gasteiger partial charge in [-0.05, 0) is 26.0 Å². The lowest BCUT2D eigenvalue weighted by Gasteiger charge is -2.17. The van der Waals surface area contributed by atoms with Crippen LogP contribution in [0, 0.1) is 0 Å². The Morgan fingerprint density at radius 2 is 2.11 bits per heavy atom. The highest BCUT2D eigenvalue weighted by molar-refractivity contribution is 5.86. The lowest BCUT2D eigenvalue weighted by atomic mass is 10.2. The van der Waals surface area contributed by atoms with Gasteiger partial charge in [0.1, 0.15) is 0 Å². The molecule has 1 rings (SSSR count). The first-order valence-electron chi connectivity index (χ1n) is 6.37. The van der Waals surface area contributed by atoms with Gasteiger partial charge in [0.2, 0.25) is 5.91 Å². The van der Waals surface area contributed by atoms with E-state index in [0.29, 0.717) is 12.0 Å². The van der Waals surface area contributed by atoms with Gasteiger partial charge >= 0.3 is 5.97 Å². The molecule has 1 N–H and O–H groups in total. The molecule has 108 valence electrons. The minimum absolute atomic E-state index is 0.208. The van der Waals surface area contributed by atoms with Gasteiger partial charge in [-0.25, -0.2) is 4.79 Å². The Hall–Kier alpha value is -1.78. The second-order valence-electron chi connectivity index (χ2n) is 4.50. The average Bonchev–Trinajstić information content (AvgIpc) is 2.75. The Morgan fingerprint density at radius 1 is 1.53 bits per heavy atom. The van der Waals surface area contributed by atoms with Crippen molar-refractivity contribution in [1.29, 1.82) is 0 Å². The lowest BCUT2D eigenvalue weighted by Crippen LogP contribution is -2.16. The van der Waals surface area contributed by atoms with Gasteiger partial charge in [-0.3, -0.25) is 4.79 Å². The number of nitrogens with zero attached hydrogens (tertiary/aromatic N) is 2. The molecule has 1 amide bonds. The number of likely N-dealkylation sites (tertiary alicyclic amines) is 1. The van der Waals surface area contributed by atoms with Crippen molar-refractivity contribution in [1.82, 2.24) is 9.80 Å². The van der Waals surface area contributed by atoms with Crippen LogP contribution in [0.15, 0.2) is 24.0 Å². The number of carbonyl (C=O) groups excluding carboxylic acids is 1. The van der Waals surface area contributed by atoms with E-state index < -0.39 is 5.97 Å². The zero-order chi connectivity index (χ0) is 15.0. The first-order chi connectivity index (χ1) is 8.84. The predicted molar refractivity (Wildman–Crippen MR) is 75.5 cm³/mol. The van der Waals surface area contributed by atoms with Crippen LogP contribution in [-0.2, 0) is 9.59 Å². The van der Waals surface area contributed by atoms with Crippen molar-refractivity contribution in [3.05, 3.63) is 24.0 Å². The van der Waals surface area contributed by atoms with Crippen LogP contribution in [0.25, 0.3) is 0 Å². The molecule has 1 heterocycles. The minimum atomic E-state index is -0.837. The molecule has 0 saturated carbocycles. The molecule has 1 saturated heterocycles. The maximum absolute atomic E-state index is 10.7. The van der Waals surface area contributed by atoms with E-state index in [1.807, 2.05) is 25.9 Å². The monoisotopic (exact) mass is 268 g/mol. The van der Waals surface area contributed by atoms with E-state index in [9.17, 15) is 9.59 Å². The number of rotatable bonds is 4. The maximum Gasteiger partial charge on any atom is 0.333 e. The predicted octanol–water partition coefficient (Wildman–Crippen LogP) is 2.07. The van der Waals surface area contributed by atoms with Gasteiger partial charge in [0.25, 0.3) is 0 Å². The summed E-state index contributed by atoms with van der Waals surface area (Å²) in [6, 6.07) is 0. The molecule has 1 fully saturated rings. The Kier molecular flexibility index (Phi) is 7.56. The molecular weight excluding hydrogens is 244 g/mol. The van der Waals surface area contributed by atoms with E-state index in [1.165, 1.54) is 0 Å². The largest absolute Gasteiger partial charge is 0.478 e. The Morgan fingerprint density at radius 3 is 2.26 bits per heavy atom. The third kappa shape index (κ3) is 5.59. The molecule has 0 radical (unpaired) electrons. The molecule has 0 aromatic heterocycles. The summed E-state index contributed by atoms with van der Waals surface area (Å²) in [5.74, 6) is -0.629. The zero-order valence-corrected chi connectivity index (χ0v) is 12.3. The third-order valence-electron chi connectivity index (χ3n) is 2.96. The first kappa shape index (κ1) is 17.2. The van der Waals surface area contributed by atoms with Crippen molar-refractivity contribution < 1.29 is 14.7 Å². The molecule has 19 heavy (non-hydrogen) atoms. The molecule has 0 bridgehead atoms. The smallest absolute Gasteiger partial charge is 0.333 e. The standard InChI is InChI=1S/C8H15NO2.C6H9NO/c1-5-7(9(3)4)6(2)8(10)11;1-2-7-5-3-4-6(7)8/h5H2,1-4H3,(H,10,11);2H,1,3-5H2. The van der Waals surface area contributed by atoms with Crippen LogP contribution in [0.3, 0.4) is 0 Å². The normalized spacial score (nSPS) is 15.4. The van der Waals surface area contributed by atoms with Gasteiger partial charge in [-0.2, -0.15) is 0 Å². The van der Waals surface area contributed by atoms with Gasteiger partial charge in [0.05, 0.1) is 5.57 Å². The maximum atomic E-state index is 10.7. The summed E-state index contributed by atoms with van der Waals surface area (Å²) in [4.78, 5) is 24.7. The summed E-state index contributed by atoms with van der Waals surface area (Å²) in [6.07, 6.45) is 4.04. The summed E-state index contributed by atoms with van der Waals surface area (Å²) in [7, 11) is 3.70. The summed E-state index contributed by atoms with van der Waals surface area (Å²) in [5.41, 5.74) is 1.30. The van der Waals surface area contributed by atoms with Crippen LogP contribution in [0.2, 0.25) is 0 Å². The van der Waals surface area contributed by atoms with Crippen molar-refractivity contribution in [2.24, 2.45) is 0 Å². The van der Waals surface area contributed by atoms with Gasteiger partial charge in [-0.1, -0.05) is 13.5 Å². The SMILES string of the molecule is C=CN1CCCC1=O.CCC(=C(C)C(=O)O)N(C)C. The number of amides is 1. The Labute approximate surface area is 115 Å². The molecule has 0 aromatic rings. The summed E-state index contributed by atoms with van der Waals surface area (Å²) >= 11 is 0. The number of hydrogen-bond donors (Lipinski definition) is 1. The van der Waals surface area contributed by atoms with Crippen LogP contribution in [-0.4, -0.2) is 47.4 Å². The molecule has 1 aliphatic heterocycles. The van der Waals surface area contributed by atoms with Crippen LogP contribution in [0.1, 0.15) is 33.1 Å². The Bertz CT molecular complexity index is 373. The highest BCUT2D eigenvalue weighted by Gasteiger charge is 2.16. The average molecular weight is 268 g/mol. The number of allylic oxidation sites excluding steroid dienone is 1. The first-order valence-corrected chi connectivity index (χ1v) is 6.37. The molecule has 0 atom stereocenters. The van der Waals surface area contributed by atoms with Crippen molar-refractivity contribution >= 4 is 11.9 Å². The van der Waals surface area contributed by atoms with Crippen LogP contribution >= 0.6 is 0 Å². The number of carboxylic acids is 1. The minimum Gasteiger partial charge on any atom is -0.478 e. The second-order valence-corrected chi connectivity index (χ2v) is 4.50. The topological polar surface area (TPSA) is 60.9 Å². The molecular formula is C14H24N2O3. The third-order valence-corrected chi connectivity index (χ3v) is 2.96.